The summed E-state index contributed by atoms with van der Waals surface area (Å²) in [7, 11) is 0. The van der Waals surface area contributed by atoms with Gasteiger partial charge in [-0.15, -0.1) is 0 Å². The van der Waals surface area contributed by atoms with Crippen molar-refractivity contribution in [3.05, 3.63) is 53.6 Å². The second-order valence-corrected chi connectivity index (χ2v) is 6.43. The van der Waals surface area contributed by atoms with Crippen LogP contribution in [-0.4, -0.2) is 17.0 Å². The van der Waals surface area contributed by atoms with Crippen LogP contribution in [0.5, 0.6) is 5.75 Å². The Hall–Kier alpha value is -2.40. The fourth-order valence-electron chi connectivity index (χ4n) is 2.60. The molecule has 1 aromatic heterocycles. The van der Waals surface area contributed by atoms with E-state index in [2.05, 4.69) is 16.4 Å². The summed E-state index contributed by atoms with van der Waals surface area (Å²) in [6.45, 7) is 2.04. The maximum atomic E-state index is 12.4. The lowest BCUT2D eigenvalue weighted by atomic mass is 10.1. The van der Waals surface area contributed by atoms with Crippen molar-refractivity contribution in [3.8, 4) is 5.75 Å². The minimum Gasteiger partial charge on any atom is -0.480 e. The summed E-state index contributed by atoms with van der Waals surface area (Å²) in [4.78, 5) is 16.8. The summed E-state index contributed by atoms with van der Waals surface area (Å²) in [5.74, 6) is 0.648. The molecule has 2 aromatic carbocycles. The number of hydrogen-bond donors (Lipinski definition) is 1. The third-order valence-corrected chi connectivity index (χ3v) is 4.65. The van der Waals surface area contributed by atoms with Crippen LogP contribution in [0, 0.1) is 6.92 Å². The number of amides is 1. The van der Waals surface area contributed by atoms with Gasteiger partial charge in [0.2, 0.25) is 0 Å². The van der Waals surface area contributed by atoms with Crippen molar-refractivity contribution in [2.75, 3.05) is 5.32 Å². The molecule has 2 heterocycles. The summed E-state index contributed by atoms with van der Waals surface area (Å²) in [6.07, 6.45) is 0.123. The number of fused-ring (bicyclic) bond motifs is 2. The number of anilines is 1. The Balaban J connectivity index is 1.52. The highest BCUT2D eigenvalue weighted by Crippen LogP contribution is 2.30. The van der Waals surface area contributed by atoms with E-state index >= 15 is 0 Å². The molecule has 1 aliphatic rings. The van der Waals surface area contributed by atoms with Crippen molar-refractivity contribution in [1.29, 1.82) is 0 Å². The summed E-state index contributed by atoms with van der Waals surface area (Å²) in [5, 5.41) is 3.49. The van der Waals surface area contributed by atoms with Crippen LogP contribution in [0.1, 0.15) is 11.1 Å². The van der Waals surface area contributed by atoms with Gasteiger partial charge in [-0.05, 0) is 36.2 Å². The predicted molar refractivity (Wildman–Crippen MR) is 87.5 cm³/mol. The molecule has 0 saturated carbocycles. The Bertz CT molecular complexity index is 847. The molecule has 4 rings (SSSR count). The lowest BCUT2D eigenvalue weighted by Gasteiger charge is -2.09. The molecule has 1 aliphatic heterocycles. The predicted octanol–water partition coefficient (Wildman–Crippen LogP) is 3.55. The van der Waals surface area contributed by atoms with Gasteiger partial charge < -0.3 is 4.74 Å². The standard InChI is InChI=1S/C17H14N2O2S/c1-10-6-7-12-15(8-10)22-17(18-12)19-16(20)14-9-11-4-2-3-5-13(11)21-14/h2-8,14H,9H2,1H3,(H,18,19,20). The molecule has 0 bridgehead atoms. The fraction of sp³-hybridized carbons (Fsp3) is 0.176. The van der Waals surface area contributed by atoms with Crippen molar-refractivity contribution in [1.82, 2.24) is 4.98 Å². The quantitative estimate of drug-likeness (QED) is 0.787. The van der Waals surface area contributed by atoms with Gasteiger partial charge >= 0.3 is 0 Å². The second-order valence-electron chi connectivity index (χ2n) is 5.40. The maximum Gasteiger partial charge on any atom is 0.267 e. The van der Waals surface area contributed by atoms with E-state index in [1.165, 1.54) is 16.9 Å². The van der Waals surface area contributed by atoms with Gasteiger partial charge in [0.25, 0.3) is 5.91 Å². The number of para-hydroxylation sites is 1. The third kappa shape index (κ3) is 2.33. The molecule has 4 nitrogen and oxygen atoms in total. The van der Waals surface area contributed by atoms with Crippen LogP contribution in [0.15, 0.2) is 42.5 Å². The van der Waals surface area contributed by atoms with Crippen molar-refractivity contribution in [2.24, 2.45) is 0 Å². The number of nitrogens with one attached hydrogen (secondary N) is 1. The van der Waals surface area contributed by atoms with Crippen LogP contribution < -0.4 is 10.1 Å². The molecule has 0 spiro atoms. The molecule has 1 unspecified atom stereocenters. The summed E-state index contributed by atoms with van der Waals surface area (Å²) >= 11 is 1.48. The molecule has 3 aromatic rings. The number of nitrogens with zero attached hydrogens (tertiary/aromatic N) is 1. The first-order chi connectivity index (χ1) is 10.7. The van der Waals surface area contributed by atoms with Gasteiger partial charge in [-0.25, -0.2) is 4.98 Å². The zero-order chi connectivity index (χ0) is 15.1. The Morgan fingerprint density at radius 3 is 3.05 bits per heavy atom. The number of hydrogen-bond acceptors (Lipinski definition) is 4. The Labute approximate surface area is 131 Å². The first-order valence-corrected chi connectivity index (χ1v) is 7.93. The number of carbonyl (C=O) groups is 1. The first-order valence-electron chi connectivity index (χ1n) is 7.12. The first kappa shape index (κ1) is 13.3. The minimum atomic E-state index is -0.480. The van der Waals surface area contributed by atoms with Crippen molar-refractivity contribution < 1.29 is 9.53 Å². The minimum absolute atomic E-state index is 0.146. The highest BCUT2D eigenvalue weighted by Gasteiger charge is 2.29. The molecule has 5 heteroatoms. The zero-order valence-corrected chi connectivity index (χ0v) is 12.8. The number of rotatable bonds is 2. The second kappa shape index (κ2) is 5.10. The molecule has 1 N–H and O–H groups in total. The van der Waals surface area contributed by atoms with Crippen molar-refractivity contribution >= 4 is 32.6 Å². The van der Waals surface area contributed by atoms with Crippen LogP contribution >= 0.6 is 11.3 Å². The van der Waals surface area contributed by atoms with E-state index in [9.17, 15) is 4.79 Å². The molecule has 1 amide bonds. The van der Waals surface area contributed by atoms with Gasteiger partial charge in [-0.2, -0.15) is 0 Å². The SMILES string of the molecule is Cc1ccc2nc(NC(=O)C3Cc4ccccc4O3)sc2c1. The summed E-state index contributed by atoms with van der Waals surface area (Å²) in [5.41, 5.74) is 3.16. The maximum absolute atomic E-state index is 12.4. The van der Waals surface area contributed by atoms with E-state index in [0.717, 1.165) is 21.5 Å². The van der Waals surface area contributed by atoms with E-state index < -0.39 is 6.10 Å². The molecule has 1 atom stereocenters. The molecular weight excluding hydrogens is 296 g/mol. The summed E-state index contributed by atoms with van der Waals surface area (Å²) in [6, 6.07) is 13.8. The van der Waals surface area contributed by atoms with E-state index in [1.54, 1.807) is 0 Å². The Morgan fingerprint density at radius 1 is 1.32 bits per heavy atom. The lowest BCUT2D eigenvalue weighted by Crippen LogP contribution is -2.31. The van der Waals surface area contributed by atoms with Gasteiger partial charge in [-0.1, -0.05) is 35.6 Å². The Morgan fingerprint density at radius 2 is 2.18 bits per heavy atom. The van der Waals surface area contributed by atoms with E-state index in [0.29, 0.717) is 11.6 Å². The van der Waals surface area contributed by atoms with Crippen molar-refractivity contribution in [3.63, 3.8) is 0 Å². The highest BCUT2D eigenvalue weighted by molar-refractivity contribution is 7.22. The van der Waals surface area contributed by atoms with E-state index in [4.69, 9.17) is 4.74 Å². The average Bonchev–Trinajstić information content (AvgIpc) is 3.09. The van der Waals surface area contributed by atoms with Gasteiger partial charge in [-0.3, -0.25) is 10.1 Å². The van der Waals surface area contributed by atoms with Crippen LogP contribution in [0.2, 0.25) is 0 Å². The van der Waals surface area contributed by atoms with Gasteiger partial charge in [0.15, 0.2) is 11.2 Å². The van der Waals surface area contributed by atoms with E-state index in [-0.39, 0.29) is 5.91 Å². The van der Waals surface area contributed by atoms with Crippen LogP contribution in [0.3, 0.4) is 0 Å². The zero-order valence-electron chi connectivity index (χ0n) is 12.0. The molecule has 0 radical (unpaired) electrons. The Kier molecular flexibility index (Phi) is 3.08. The summed E-state index contributed by atoms with van der Waals surface area (Å²) < 4.78 is 6.77. The number of benzene rings is 2. The highest BCUT2D eigenvalue weighted by atomic mass is 32.1. The fourth-order valence-corrected chi connectivity index (χ4v) is 3.57. The molecule has 0 fully saturated rings. The normalized spacial score (nSPS) is 16.3. The van der Waals surface area contributed by atoms with Crippen LogP contribution in [0.25, 0.3) is 10.2 Å². The smallest absolute Gasteiger partial charge is 0.267 e. The monoisotopic (exact) mass is 310 g/mol. The van der Waals surface area contributed by atoms with Gasteiger partial charge in [0.05, 0.1) is 10.2 Å². The number of thiazole rings is 1. The molecule has 0 aliphatic carbocycles. The number of carbonyl (C=O) groups excluding carboxylic acids is 1. The van der Waals surface area contributed by atoms with Gasteiger partial charge in [0, 0.05) is 6.42 Å². The average molecular weight is 310 g/mol. The largest absolute Gasteiger partial charge is 0.480 e. The number of aromatic nitrogens is 1. The number of ether oxygens (including phenoxy) is 1. The molecule has 22 heavy (non-hydrogen) atoms. The van der Waals surface area contributed by atoms with Crippen LogP contribution in [-0.2, 0) is 11.2 Å². The van der Waals surface area contributed by atoms with Crippen molar-refractivity contribution in [2.45, 2.75) is 19.4 Å². The topological polar surface area (TPSA) is 51.2 Å². The lowest BCUT2D eigenvalue weighted by molar-refractivity contribution is -0.122. The number of aryl methyl sites for hydroxylation is 1. The van der Waals surface area contributed by atoms with E-state index in [1.807, 2.05) is 43.3 Å². The molecule has 0 saturated heterocycles. The van der Waals surface area contributed by atoms with Crippen LogP contribution in [0.4, 0.5) is 5.13 Å². The third-order valence-electron chi connectivity index (χ3n) is 3.71. The molecule has 110 valence electrons. The van der Waals surface area contributed by atoms with Gasteiger partial charge in [0.1, 0.15) is 5.75 Å². The molecular formula is C17H14N2O2S.